The minimum absolute atomic E-state index is 0.103. The minimum Gasteiger partial charge on any atom is -0.379 e. The highest BCUT2D eigenvalue weighted by atomic mass is 19.4. The lowest BCUT2D eigenvalue weighted by Gasteiger charge is -2.20. The highest BCUT2D eigenvalue weighted by Crippen LogP contribution is 2.36. The number of rotatable bonds is 5. The van der Waals surface area contributed by atoms with Crippen molar-refractivity contribution in [3.8, 4) is 0 Å². The summed E-state index contributed by atoms with van der Waals surface area (Å²) in [6.07, 6.45) is -2.91. The number of amides is 1. The molecular weight excluding hydrogens is 380 g/mol. The smallest absolute Gasteiger partial charge is 0.379 e. The van der Waals surface area contributed by atoms with E-state index in [1.165, 1.54) is 18.3 Å². The fourth-order valence-corrected chi connectivity index (χ4v) is 2.73. The number of hydrogen-bond acceptors (Lipinski definition) is 5. The van der Waals surface area contributed by atoms with E-state index in [9.17, 15) is 22.4 Å². The van der Waals surface area contributed by atoms with Crippen molar-refractivity contribution in [3.63, 3.8) is 0 Å². The van der Waals surface area contributed by atoms with Gasteiger partial charge in [-0.3, -0.25) is 9.78 Å². The van der Waals surface area contributed by atoms with Gasteiger partial charge >= 0.3 is 6.18 Å². The van der Waals surface area contributed by atoms with Crippen LogP contribution in [0.25, 0.3) is 0 Å². The number of alkyl halides is 3. The van der Waals surface area contributed by atoms with E-state index in [-0.39, 0.29) is 24.7 Å². The van der Waals surface area contributed by atoms with Crippen molar-refractivity contribution < 1.29 is 27.1 Å². The molecule has 1 atom stereocenters. The zero-order valence-corrected chi connectivity index (χ0v) is 14.6. The summed E-state index contributed by atoms with van der Waals surface area (Å²) in [6.45, 7) is 0.665. The molecule has 2 heterocycles. The number of nitrogens with one attached hydrogen (secondary N) is 2. The van der Waals surface area contributed by atoms with Crippen LogP contribution in [-0.4, -0.2) is 29.6 Å². The average molecular weight is 398 g/mol. The lowest BCUT2D eigenvalue weighted by Crippen LogP contribution is -2.54. The number of aromatic nitrogens is 1. The number of benzene rings is 1. The highest BCUT2D eigenvalue weighted by Gasteiger charge is 2.38. The second-order valence-corrected chi connectivity index (χ2v) is 6.49. The third kappa shape index (κ3) is 4.57. The summed E-state index contributed by atoms with van der Waals surface area (Å²) < 4.78 is 57.6. The summed E-state index contributed by atoms with van der Waals surface area (Å²) in [6, 6.07) is 5.20. The fraction of sp³-hybridized carbons (Fsp3) is 0.333. The van der Waals surface area contributed by atoms with Crippen LogP contribution in [0.15, 0.2) is 36.5 Å². The molecule has 4 N–H and O–H groups in total. The van der Waals surface area contributed by atoms with Crippen LogP contribution < -0.4 is 16.4 Å². The van der Waals surface area contributed by atoms with Gasteiger partial charge in [0.1, 0.15) is 11.4 Å². The Hall–Kier alpha value is -2.72. The Morgan fingerprint density at radius 2 is 2.07 bits per heavy atom. The number of pyridine rings is 1. The molecule has 1 aliphatic heterocycles. The molecule has 1 unspecified atom stereocenters. The van der Waals surface area contributed by atoms with Gasteiger partial charge in [-0.15, -0.1) is 0 Å². The largest absolute Gasteiger partial charge is 0.418 e. The molecule has 1 aromatic heterocycles. The van der Waals surface area contributed by atoms with Crippen LogP contribution in [0.2, 0.25) is 0 Å². The maximum atomic E-state index is 13.4. The second kappa shape index (κ2) is 7.72. The van der Waals surface area contributed by atoms with Crippen LogP contribution in [0, 0.1) is 5.82 Å². The van der Waals surface area contributed by atoms with Crippen molar-refractivity contribution in [1.82, 2.24) is 10.3 Å². The summed E-state index contributed by atoms with van der Waals surface area (Å²) in [5.41, 5.74) is 4.21. The molecule has 1 aliphatic rings. The highest BCUT2D eigenvalue weighted by molar-refractivity contribution is 5.86. The van der Waals surface area contributed by atoms with E-state index in [1.807, 2.05) is 0 Å². The van der Waals surface area contributed by atoms with Crippen molar-refractivity contribution >= 4 is 17.3 Å². The summed E-state index contributed by atoms with van der Waals surface area (Å²) in [7, 11) is 0. The molecule has 1 saturated heterocycles. The van der Waals surface area contributed by atoms with Gasteiger partial charge in [-0.25, -0.2) is 4.39 Å². The summed E-state index contributed by atoms with van der Waals surface area (Å²) >= 11 is 0. The van der Waals surface area contributed by atoms with Crippen LogP contribution in [0.5, 0.6) is 0 Å². The molecular formula is C18H18F4N4O2. The van der Waals surface area contributed by atoms with Gasteiger partial charge in [0.2, 0.25) is 5.91 Å². The molecule has 6 nitrogen and oxygen atoms in total. The normalized spacial score (nSPS) is 19.5. The maximum Gasteiger partial charge on any atom is 0.418 e. The van der Waals surface area contributed by atoms with E-state index in [1.54, 1.807) is 0 Å². The maximum absolute atomic E-state index is 13.4. The first kappa shape index (κ1) is 20.0. The van der Waals surface area contributed by atoms with E-state index in [0.717, 1.165) is 12.1 Å². The van der Waals surface area contributed by atoms with Crippen molar-refractivity contribution in [3.05, 3.63) is 53.6 Å². The summed E-state index contributed by atoms with van der Waals surface area (Å²) in [5, 5.41) is 5.18. The van der Waals surface area contributed by atoms with Crippen molar-refractivity contribution in [1.29, 1.82) is 0 Å². The van der Waals surface area contributed by atoms with E-state index in [4.69, 9.17) is 10.5 Å². The van der Waals surface area contributed by atoms with Gasteiger partial charge in [0.25, 0.3) is 0 Å². The third-order valence-electron chi connectivity index (χ3n) is 4.33. The van der Waals surface area contributed by atoms with Gasteiger partial charge in [-0.2, -0.15) is 13.2 Å². The monoisotopic (exact) mass is 398 g/mol. The standard InChI is InChI=1S/C18H18F4N4O2/c19-11-1-4-14(18(20,21)22)15(7-11)26-13-3-2-12(24-9-13)8-25-16(27)17(23)5-6-28-10-17/h1-4,7,9,26H,5-6,8,10,23H2,(H,25,27). The summed E-state index contributed by atoms with van der Waals surface area (Å²) in [5.74, 6) is -1.15. The van der Waals surface area contributed by atoms with Crippen molar-refractivity contribution in [2.24, 2.45) is 5.73 Å². The Morgan fingerprint density at radius 1 is 1.29 bits per heavy atom. The van der Waals surface area contributed by atoms with Gasteiger partial charge in [0.15, 0.2) is 0 Å². The SMILES string of the molecule is NC1(C(=O)NCc2ccc(Nc3cc(F)ccc3C(F)(F)F)cn2)CCOC1. The molecule has 0 radical (unpaired) electrons. The number of nitrogens with zero attached hydrogens (tertiary/aromatic N) is 1. The Kier molecular flexibility index (Phi) is 5.52. The van der Waals surface area contributed by atoms with Gasteiger partial charge < -0.3 is 21.1 Å². The predicted molar refractivity (Wildman–Crippen MR) is 93.1 cm³/mol. The van der Waals surface area contributed by atoms with Crippen LogP contribution in [0.3, 0.4) is 0 Å². The molecule has 0 bridgehead atoms. The quantitative estimate of drug-likeness (QED) is 0.674. The number of nitrogens with two attached hydrogens (primary N) is 1. The first-order valence-electron chi connectivity index (χ1n) is 8.41. The van der Waals surface area contributed by atoms with E-state index < -0.39 is 28.8 Å². The lowest BCUT2D eigenvalue weighted by atomic mass is 9.99. The zero-order chi connectivity index (χ0) is 20.4. The molecule has 1 aromatic carbocycles. The van der Waals surface area contributed by atoms with Gasteiger partial charge in [-0.1, -0.05) is 0 Å². The lowest BCUT2D eigenvalue weighted by molar-refractivity contribution is -0.137. The first-order chi connectivity index (χ1) is 13.2. The number of ether oxygens (including phenoxy) is 1. The predicted octanol–water partition coefficient (Wildman–Crippen LogP) is 2.72. The molecule has 2 aromatic rings. The molecule has 1 amide bonds. The second-order valence-electron chi connectivity index (χ2n) is 6.49. The Bertz CT molecular complexity index is 850. The molecule has 3 rings (SSSR count). The topological polar surface area (TPSA) is 89.3 Å². The molecule has 1 fully saturated rings. The molecule has 150 valence electrons. The van der Waals surface area contributed by atoms with Crippen molar-refractivity contribution in [2.45, 2.75) is 24.7 Å². The van der Waals surface area contributed by atoms with E-state index in [2.05, 4.69) is 15.6 Å². The summed E-state index contributed by atoms with van der Waals surface area (Å²) in [4.78, 5) is 16.2. The fourth-order valence-electron chi connectivity index (χ4n) is 2.73. The number of carbonyl (C=O) groups is 1. The zero-order valence-electron chi connectivity index (χ0n) is 14.6. The third-order valence-corrected chi connectivity index (χ3v) is 4.33. The number of hydrogen-bond donors (Lipinski definition) is 3. The molecule has 10 heteroatoms. The Labute approximate surface area is 158 Å². The van der Waals surface area contributed by atoms with Crippen LogP contribution in [0.4, 0.5) is 28.9 Å². The van der Waals surface area contributed by atoms with Crippen molar-refractivity contribution in [2.75, 3.05) is 18.5 Å². The number of carbonyl (C=O) groups excluding carboxylic acids is 1. The Morgan fingerprint density at radius 3 is 2.68 bits per heavy atom. The van der Waals surface area contributed by atoms with Gasteiger partial charge in [0.05, 0.1) is 42.0 Å². The number of halogens is 4. The van der Waals surface area contributed by atoms with Crippen LogP contribution >= 0.6 is 0 Å². The number of anilines is 2. The van der Waals surface area contributed by atoms with E-state index >= 15 is 0 Å². The molecule has 0 spiro atoms. The van der Waals surface area contributed by atoms with Crippen LogP contribution in [-0.2, 0) is 22.3 Å². The van der Waals surface area contributed by atoms with Gasteiger partial charge in [-0.05, 0) is 36.8 Å². The average Bonchev–Trinajstić information content (AvgIpc) is 3.08. The molecule has 0 aliphatic carbocycles. The first-order valence-corrected chi connectivity index (χ1v) is 8.41. The Balaban J connectivity index is 1.65. The van der Waals surface area contributed by atoms with E-state index in [0.29, 0.717) is 24.8 Å². The molecule has 0 saturated carbocycles. The minimum atomic E-state index is -4.63. The molecule has 28 heavy (non-hydrogen) atoms. The van der Waals surface area contributed by atoms with Gasteiger partial charge in [0, 0.05) is 6.61 Å². The van der Waals surface area contributed by atoms with Crippen LogP contribution in [0.1, 0.15) is 17.7 Å².